The molecule has 0 spiro atoms. The van der Waals surface area contributed by atoms with Gasteiger partial charge >= 0.3 is 0 Å². The molecule has 0 aliphatic rings. The van der Waals surface area contributed by atoms with Crippen LogP contribution in [0.2, 0.25) is 5.02 Å². The Morgan fingerprint density at radius 3 is 2.24 bits per heavy atom. The maximum atomic E-state index is 13.1. The van der Waals surface area contributed by atoms with Crippen LogP contribution in [0.5, 0.6) is 17.2 Å². The predicted molar refractivity (Wildman–Crippen MR) is 94.5 cm³/mol. The highest BCUT2D eigenvalue weighted by molar-refractivity contribution is 6.31. The van der Waals surface area contributed by atoms with Crippen molar-refractivity contribution in [2.45, 2.75) is 12.8 Å². The number of rotatable bonds is 7. The molecule has 2 aromatic rings. The fourth-order valence-corrected chi connectivity index (χ4v) is 2.52. The standard InChI is InChI=1S/C18H19ClFNO4/c1-23-15-8-11(9-16(24-2)18(15)25-3)4-7-17(22)21-12-5-6-14(20)13(19)10-12/h5-6,8-10H,4,7H2,1-3H3,(H,21,22). The molecule has 0 saturated carbocycles. The van der Waals surface area contributed by atoms with Crippen LogP contribution in [0.15, 0.2) is 30.3 Å². The molecular formula is C18H19ClFNO4. The Morgan fingerprint density at radius 1 is 1.08 bits per heavy atom. The Balaban J connectivity index is 2.04. The number of methoxy groups -OCH3 is 3. The molecule has 134 valence electrons. The molecule has 7 heteroatoms. The van der Waals surface area contributed by atoms with Gasteiger partial charge in [-0.3, -0.25) is 4.79 Å². The number of carbonyl (C=O) groups excluding carboxylic acids is 1. The van der Waals surface area contributed by atoms with Gasteiger partial charge in [0.1, 0.15) is 5.82 Å². The second-order valence-electron chi connectivity index (χ2n) is 5.21. The minimum absolute atomic E-state index is 0.0394. The molecule has 0 radical (unpaired) electrons. The molecule has 0 unspecified atom stereocenters. The third kappa shape index (κ3) is 4.76. The van der Waals surface area contributed by atoms with Crippen LogP contribution in [0.3, 0.4) is 0 Å². The summed E-state index contributed by atoms with van der Waals surface area (Å²) in [6.07, 6.45) is 0.700. The Labute approximate surface area is 150 Å². The van der Waals surface area contributed by atoms with Crippen LogP contribution in [0.4, 0.5) is 10.1 Å². The van der Waals surface area contributed by atoms with Crippen LogP contribution in [0.25, 0.3) is 0 Å². The molecule has 0 saturated heterocycles. The number of carbonyl (C=O) groups is 1. The fourth-order valence-electron chi connectivity index (χ4n) is 2.33. The third-order valence-corrected chi connectivity index (χ3v) is 3.86. The number of aryl methyl sites for hydroxylation is 1. The summed E-state index contributed by atoms with van der Waals surface area (Å²) in [5.41, 5.74) is 1.31. The molecule has 2 aromatic carbocycles. The number of halogens is 2. The molecule has 0 heterocycles. The quantitative estimate of drug-likeness (QED) is 0.801. The molecule has 5 nitrogen and oxygen atoms in total. The topological polar surface area (TPSA) is 56.8 Å². The Morgan fingerprint density at radius 2 is 1.72 bits per heavy atom. The number of hydrogen-bond acceptors (Lipinski definition) is 4. The lowest BCUT2D eigenvalue weighted by Gasteiger charge is -2.14. The summed E-state index contributed by atoms with van der Waals surface area (Å²) in [5, 5.41) is 2.64. The van der Waals surface area contributed by atoms with Crippen LogP contribution in [-0.4, -0.2) is 27.2 Å². The number of anilines is 1. The lowest BCUT2D eigenvalue weighted by atomic mass is 10.1. The Kier molecular flexibility index (Phi) is 6.47. The van der Waals surface area contributed by atoms with E-state index in [2.05, 4.69) is 5.32 Å². The summed E-state index contributed by atoms with van der Waals surface area (Å²) in [5.74, 6) is 0.817. The van der Waals surface area contributed by atoms with E-state index in [9.17, 15) is 9.18 Å². The number of nitrogens with one attached hydrogen (secondary N) is 1. The largest absolute Gasteiger partial charge is 0.493 e. The van der Waals surface area contributed by atoms with E-state index in [-0.39, 0.29) is 17.4 Å². The van der Waals surface area contributed by atoms with Crippen molar-refractivity contribution in [1.29, 1.82) is 0 Å². The minimum Gasteiger partial charge on any atom is -0.493 e. The van der Waals surface area contributed by atoms with Crippen molar-refractivity contribution in [3.8, 4) is 17.2 Å². The lowest BCUT2D eigenvalue weighted by molar-refractivity contribution is -0.116. The van der Waals surface area contributed by atoms with E-state index < -0.39 is 5.82 Å². The van der Waals surface area contributed by atoms with Crippen LogP contribution in [0.1, 0.15) is 12.0 Å². The SMILES string of the molecule is COc1cc(CCC(=O)Nc2ccc(F)c(Cl)c2)cc(OC)c1OC. The van der Waals surface area contributed by atoms with Gasteiger partial charge in [-0.1, -0.05) is 11.6 Å². The Hall–Kier alpha value is -2.47. The van der Waals surface area contributed by atoms with Gasteiger partial charge in [0.25, 0.3) is 0 Å². The number of hydrogen-bond donors (Lipinski definition) is 1. The summed E-state index contributed by atoms with van der Waals surface area (Å²) >= 11 is 5.70. The second kappa shape index (κ2) is 8.58. The van der Waals surface area contributed by atoms with Crippen molar-refractivity contribution in [3.05, 3.63) is 46.7 Å². The lowest BCUT2D eigenvalue weighted by Crippen LogP contribution is -2.12. The minimum atomic E-state index is -0.530. The van der Waals surface area contributed by atoms with Crippen LogP contribution < -0.4 is 19.5 Å². The molecule has 0 fully saturated rings. The molecule has 0 aliphatic heterocycles. The van der Waals surface area contributed by atoms with E-state index in [1.54, 1.807) is 12.1 Å². The van der Waals surface area contributed by atoms with Gasteiger partial charge in [0.05, 0.1) is 26.4 Å². The predicted octanol–water partition coefficient (Wildman–Crippen LogP) is 4.08. The summed E-state index contributed by atoms with van der Waals surface area (Å²) in [7, 11) is 4.60. The average molecular weight is 368 g/mol. The molecule has 0 atom stereocenters. The van der Waals surface area contributed by atoms with Crippen molar-refractivity contribution in [2.24, 2.45) is 0 Å². The molecule has 2 rings (SSSR count). The van der Waals surface area contributed by atoms with Crippen molar-refractivity contribution in [2.75, 3.05) is 26.6 Å². The van der Waals surface area contributed by atoms with Crippen molar-refractivity contribution in [1.82, 2.24) is 0 Å². The van der Waals surface area contributed by atoms with Crippen molar-refractivity contribution < 1.29 is 23.4 Å². The van der Waals surface area contributed by atoms with Gasteiger partial charge in [0, 0.05) is 12.1 Å². The van der Waals surface area contributed by atoms with Crippen LogP contribution in [0, 0.1) is 5.82 Å². The van der Waals surface area contributed by atoms with Gasteiger partial charge in [-0.25, -0.2) is 4.39 Å². The zero-order valence-corrected chi connectivity index (χ0v) is 14.9. The van der Waals surface area contributed by atoms with Gasteiger partial charge in [-0.2, -0.15) is 0 Å². The first-order chi connectivity index (χ1) is 12.0. The number of benzene rings is 2. The molecule has 1 N–H and O–H groups in total. The van der Waals surface area contributed by atoms with E-state index in [0.717, 1.165) is 5.56 Å². The molecule has 0 aromatic heterocycles. The summed E-state index contributed by atoms with van der Waals surface area (Å²) in [6.45, 7) is 0. The highest BCUT2D eigenvalue weighted by Gasteiger charge is 2.14. The van der Waals surface area contributed by atoms with Gasteiger partial charge in [0.2, 0.25) is 11.7 Å². The maximum Gasteiger partial charge on any atom is 0.224 e. The normalized spacial score (nSPS) is 10.3. The Bertz CT molecular complexity index is 742. The first-order valence-corrected chi connectivity index (χ1v) is 7.90. The molecular weight excluding hydrogens is 349 g/mol. The summed E-state index contributed by atoms with van der Waals surface area (Å²) in [6, 6.07) is 7.62. The van der Waals surface area contributed by atoms with Crippen molar-refractivity contribution >= 4 is 23.2 Å². The van der Waals surface area contributed by atoms with Gasteiger partial charge in [-0.15, -0.1) is 0 Å². The first-order valence-electron chi connectivity index (χ1n) is 7.52. The smallest absolute Gasteiger partial charge is 0.224 e. The second-order valence-corrected chi connectivity index (χ2v) is 5.62. The van der Waals surface area contributed by atoms with Crippen LogP contribution >= 0.6 is 11.6 Å². The van der Waals surface area contributed by atoms with E-state index in [0.29, 0.717) is 29.4 Å². The summed E-state index contributed by atoms with van der Waals surface area (Å²) < 4.78 is 29.0. The molecule has 0 aliphatic carbocycles. The van der Waals surface area contributed by atoms with Gasteiger partial charge in [0.15, 0.2) is 11.5 Å². The first kappa shape index (κ1) is 18.9. The van der Waals surface area contributed by atoms with Crippen molar-refractivity contribution in [3.63, 3.8) is 0 Å². The van der Waals surface area contributed by atoms with E-state index in [1.807, 2.05) is 0 Å². The highest BCUT2D eigenvalue weighted by Crippen LogP contribution is 2.38. The van der Waals surface area contributed by atoms with Gasteiger partial charge < -0.3 is 19.5 Å². The maximum absolute atomic E-state index is 13.1. The third-order valence-electron chi connectivity index (χ3n) is 3.57. The van der Waals surface area contributed by atoms with E-state index >= 15 is 0 Å². The molecule has 25 heavy (non-hydrogen) atoms. The van der Waals surface area contributed by atoms with E-state index in [1.165, 1.54) is 39.5 Å². The monoisotopic (exact) mass is 367 g/mol. The zero-order valence-electron chi connectivity index (χ0n) is 14.2. The molecule has 0 bridgehead atoms. The van der Waals surface area contributed by atoms with Gasteiger partial charge in [-0.05, 0) is 42.3 Å². The number of amides is 1. The fraction of sp³-hybridized carbons (Fsp3) is 0.278. The summed E-state index contributed by atoms with van der Waals surface area (Å²) in [4.78, 5) is 12.1. The zero-order chi connectivity index (χ0) is 18.4. The van der Waals surface area contributed by atoms with E-state index in [4.69, 9.17) is 25.8 Å². The van der Waals surface area contributed by atoms with Crippen LogP contribution in [-0.2, 0) is 11.2 Å². The average Bonchev–Trinajstić information content (AvgIpc) is 2.62. The number of ether oxygens (including phenoxy) is 3. The molecule has 1 amide bonds. The highest BCUT2D eigenvalue weighted by atomic mass is 35.5.